The van der Waals surface area contributed by atoms with E-state index in [2.05, 4.69) is 57.8 Å². The van der Waals surface area contributed by atoms with Crippen LogP contribution in [0.25, 0.3) is 11.3 Å². The van der Waals surface area contributed by atoms with Gasteiger partial charge >= 0.3 is 0 Å². The molecule has 24 heavy (non-hydrogen) atoms. The Morgan fingerprint density at radius 2 is 2.08 bits per heavy atom. The second-order valence-electron chi connectivity index (χ2n) is 5.83. The summed E-state index contributed by atoms with van der Waals surface area (Å²) >= 11 is 1.56. The SMILES string of the molecule is CN1CCc2cc(C=NNc3nc(-c4ccccc4)cs3)ccc21. The van der Waals surface area contributed by atoms with Gasteiger partial charge in [0.15, 0.2) is 0 Å². The first-order chi connectivity index (χ1) is 11.8. The summed E-state index contributed by atoms with van der Waals surface area (Å²) < 4.78 is 0. The molecule has 1 N–H and O–H groups in total. The van der Waals surface area contributed by atoms with Crippen LogP contribution in [-0.2, 0) is 6.42 Å². The number of hydrogen-bond acceptors (Lipinski definition) is 5. The summed E-state index contributed by atoms with van der Waals surface area (Å²) in [5.74, 6) is 0. The number of aromatic nitrogens is 1. The highest BCUT2D eigenvalue weighted by Gasteiger charge is 2.14. The number of fused-ring (bicyclic) bond motifs is 1. The summed E-state index contributed by atoms with van der Waals surface area (Å²) in [7, 11) is 2.13. The lowest BCUT2D eigenvalue weighted by Gasteiger charge is -2.11. The third-order valence-electron chi connectivity index (χ3n) is 4.18. The van der Waals surface area contributed by atoms with Crippen molar-refractivity contribution in [2.45, 2.75) is 6.42 Å². The van der Waals surface area contributed by atoms with Gasteiger partial charge in [0.1, 0.15) is 0 Å². The molecule has 0 amide bonds. The molecule has 3 aromatic rings. The predicted molar refractivity (Wildman–Crippen MR) is 102 cm³/mol. The van der Waals surface area contributed by atoms with Crippen LogP contribution in [0.3, 0.4) is 0 Å². The molecule has 1 aliphatic rings. The van der Waals surface area contributed by atoms with Crippen molar-refractivity contribution in [1.82, 2.24) is 4.98 Å². The minimum absolute atomic E-state index is 0.797. The Morgan fingerprint density at radius 3 is 2.96 bits per heavy atom. The molecule has 0 bridgehead atoms. The van der Waals surface area contributed by atoms with Crippen LogP contribution in [0.1, 0.15) is 11.1 Å². The maximum absolute atomic E-state index is 4.57. The monoisotopic (exact) mass is 334 g/mol. The van der Waals surface area contributed by atoms with Crippen LogP contribution in [0, 0.1) is 0 Å². The summed E-state index contributed by atoms with van der Waals surface area (Å²) in [6.45, 7) is 1.09. The van der Waals surface area contributed by atoms with E-state index in [1.165, 1.54) is 11.3 Å². The smallest absolute Gasteiger partial charge is 0.203 e. The standard InChI is InChI=1S/C19H18N4S/c1-23-10-9-16-11-14(7-8-18(16)23)12-20-22-19-21-17(13-24-19)15-5-3-2-4-6-15/h2-8,11-13H,9-10H2,1H3,(H,21,22). The number of anilines is 2. The molecule has 4 rings (SSSR count). The van der Waals surface area contributed by atoms with Crippen molar-refractivity contribution in [2.24, 2.45) is 5.10 Å². The van der Waals surface area contributed by atoms with E-state index < -0.39 is 0 Å². The van der Waals surface area contributed by atoms with Gasteiger partial charge in [-0.25, -0.2) is 4.98 Å². The van der Waals surface area contributed by atoms with Gasteiger partial charge in [0, 0.05) is 30.2 Å². The van der Waals surface area contributed by atoms with Crippen molar-refractivity contribution in [1.29, 1.82) is 0 Å². The van der Waals surface area contributed by atoms with E-state index in [4.69, 9.17) is 0 Å². The van der Waals surface area contributed by atoms with E-state index in [9.17, 15) is 0 Å². The number of rotatable bonds is 4. The number of hydrazone groups is 1. The van der Waals surface area contributed by atoms with Gasteiger partial charge in [0.2, 0.25) is 5.13 Å². The Kier molecular flexibility index (Phi) is 4.01. The topological polar surface area (TPSA) is 40.5 Å². The zero-order valence-electron chi connectivity index (χ0n) is 13.4. The second kappa shape index (κ2) is 6.45. The predicted octanol–water partition coefficient (Wildman–Crippen LogP) is 4.25. The van der Waals surface area contributed by atoms with E-state index in [0.29, 0.717) is 0 Å². The molecule has 2 aromatic carbocycles. The third-order valence-corrected chi connectivity index (χ3v) is 4.93. The van der Waals surface area contributed by atoms with Crippen molar-refractivity contribution >= 4 is 28.4 Å². The van der Waals surface area contributed by atoms with Crippen molar-refractivity contribution in [2.75, 3.05) is 23.9 Å². The summed E-state index contributed by atoms with van der Waals surface area (Å²) in [5.41, 5.74) is 8.94. The first-order valence-corrected chi connectivity index (χ1v) is 8.82. The fraction of sp³-hybridized carbons (Fsp3) is 0.158. The van der Waals surface area contributed by atoms with E-state index in [1.807, 2.05) is 29.8 Å². The Labute approximate surface area is 145 Å². The number of nitrogens with one attached hydrogen (secondary N) is 1. The number of likely N-dealkylation sites (N-methyl/N-ethyl adjacent to an activating group) is 1. The van der Waals surface area contributed by atoms with Crippen molar-refractivity contribution in [3.8, 4) is 11.3 Å². The Balaban J connectivity index is 1.44. The van der Waals surface area contributed by atoms with Gasteiger partial charge in [0.05, 0.1) is 11.9 Å². The Morgan fingerprint density at radius 1 is 1.21 bits per heavy atom. The maximum atomic E-state index is 4.57. The van der Waals surface area contributed by atoms with Gasteiger partial charge in [-0.05, 0) is 29.7 Å². The van der Waals surface area contributed by atoms with Crippen LogP contribution < -0.4 is 10.3 Å². The van der Waals surface area contributed by atoms with E-state index in [1.54, 1.807) is 11.3 Å². The lowest BCUT2D eigenvalue weighted by atomic mass is 10.1. The molecule has 120 valence electrons. The molecule has 0 aliphatic carbocycles. The second-order valence-corrected chi connectivity index (χ2v) is 6.69. The van der Waals surface area contributed by atoms with Crippen LogP contribution in [0.5, 0.6) is 0 Å². The maximum Gasteiger partial charge on any atom is 0.203 e. The van der Waals surface area contributed by atoms with E-state index in [-0.39, 0.29) is 0 Å². The molecule has 1 aliphatic heterocycles. The van der Waals surface area contributed by atoms with Gasteiger partial charge in [-0.15, -0.1) is 11.3 Å². The summed E-state index contributed by atoms with van der Waals surface area (Å²) in [6, 6.07) is 16.6. The normalized spacial score (nSPS) is 13.5. The molecule has 0 atom stereocenters. The highest BCUT2D eigenvalue weighted by atomic mass is 32.1. The molecule has 4 nitrogen and oxygen atoms in total. The van der Waals surface area contributed by atoms with Gasteiger partial charge in [-0.2, -0.15) is 5.10 Å². The zero-order chi connectivity index (χ0) is 16.4. The molecule has 5 heteroatoms. The number of benzene rings is 2. The average Bonchev–Trinajstić information content (AvgIpc) is 3.23. The van der Waals surface area contributed by atoms with Crippen LogP contribution in [0.4, 0.5) is 10.8 Å². The molecule has 0 saturated heterocycles. The molecule has 2 heterocycles. The number of hydrogen-bond donors (Lipinski definition) is 1. The number of nitrogens with zero attached hydrogens (tertiary/aromatic N) is 3. The minimum Gasteiger partial charge on any atom is -0.374 e. The lowest BCUT2D eigenvalue weighted by molar-refractivity contribution is 0.956. The molecule has 0 radical (unpaired) electrons. The van der Waals surface area contributed by atoms with Crippen molar-refractivity contribution in [3.05, 3.63) is 65.0 Å². The molecular weight excluding hydrogens is 316 g/mol. The van der Waals surface area contributed by atoms with Gasteiger partial charge in [0.25, 0.3) is 0 Å². The lowest BCUT2D eigenvalue weighted by Crippen LogP contribution is -2.12. The van der Waals surface area contributed by atoms with Gasteiger partial charge in [-0.3, -0.25) is 5.43 Å². The van der Waals surface area contributed by atoms with Crippen molar-refractivity contribution in [3.63, 3.8) is 0 Å². The third kappa shape index (κ3) is 3.03. The first-order valence-electron chi connectivity index (χ1n) is 7.94. The Hall–Kier alpha value is -2.66. The van der Waals surface area contributed by atoms with E-state index >= 15 is 0 Å². The summed E-state index contributed by atoms with van der Waals surface area (Å²) in [6.07, 6.45) is 2.95. The van der Waals surface area contributed by atoms with Crippen LogP contribution in [0.2, 0.25) is 0 Å². The largest absolute Gasteiger partial charge is 0.374 e. The zero-order valence-corrected chi connectivity index (χ0v) is 14.3. The summed E-state index contributed by atoms with van der Waals surface area (Å²) in [5, 5.41) is 7.16. The van der Waals surface area contributed by atoms with Crippen molar-refractivity contribution < 1.29 is 0 Å². The minimum atomic E-state index is 0.797. The van der Waals surface area contributed by atoms with Crippen LogP contribution in [0.15, 0.2) is 59.0 Å². The molecular formula is C19H18N4S. The fourth-order valence-corrected chi connectivity index (χ4v) is 3.56. The first kappa shape index (κ1) is 14.9. The highest BCUT2D eigenvalue weighted by Crippen LogP contribution is 2.27. The van der Waals surface area contributed by atoms with Crippen LogP contribution in [-0.4, -0.2) is 24.8 Å². The quantitative estimate of drug-likeness (QED) is 0.573. The highest BCUT2D eigenvalue weighted by molar-refractivity contribution is 7.14. The van der Waals surface area contributed by atoms with Gasteiger partial charge in [-0.1, -0.05) is 36.4 Å². The molecule has 1 aromatic heterocycles. The molecule has 0 unspecified atom stereocenters. The molecule has 0 saturated carbocycles. The van der Waals surface area contributed by atoms with Crippen LogP contribution >= 0.6 is 11.3 Å². The van der Waals surface area contributed by atoms with E-state index in [0.717, 1.165) is 34.9 Å². The molecule has 0 fully saturated rings. The summed E-state index contributed by atoms with van der Waals surface area (Å²) in [4.78, 5) is 6.85. The number of thiazole rings is 1. The average molecular weight is 334 g/mol. The Bertz CT molecular complexity index is 870. The fourth-order valence-electron chi connectivity index (χ4n) is 2.90. The molecule has 0 spiro atoms. The van der Waals surface area contributed by atoms with Gasteiger partial charge < -0.3 is 4.90 Å².